The zero-order chi connectivity index (χ0) is 17.9. The van der Waals surface area contributed by atoms with Crippen molar-refractivity contribution in [2.45, 2.75) is 37.5 Å². The lowest BCUT2D eigenvalue weighted by atomic mass is 9.65. The number of rotatable bonds is 8. The zero-order valence-corrected chi connectivity index (χ0v) is 14.6. The molecule has 2 aliphatic rings. The van der Waals surface area contributed by atoms with E-state index in [1.54, 1.807) is 12.0 Å². The molecule has 1 aliphatic heterocycles. The van der Waals surface area contributed by atoms with Crippen LogP contribution in [-0.4, -0.2) is 59.8 Å². The average molecular weight is 349 g/mol. The predicted molar refractivity (Wildman–Crippen MR) is 91.9 cm³/mol. The minimum atomic E-state index is -0.808. The number of hydrogen-bond donors (Lipinski definition) is 2. The largest absolute Gasteiger partial charge is 0.443 e. The van der Waals surface area contributed by atoms with Crippen molar-refractivity contribution < 1.29 is 24.5 Å². The number of amides is 1. The summed E-state index contributed by atoms with van der Waals surface area (Å²) in [6.45, 7) is 0.334. The van der Waals surface area contributed by atoms with Gasteiger partial charge in [-0.15, -0.1) is 0 Å². The van der Waals surface area contributed by atoms with Crippen LogP contribution in [0.5, 0.6) is 0 Å². The summed E-state index contributed by atoms with van der Waals surface area (Å²) >= 11 is 0. The first kappa shape index (κ1) is 18.2. The van der Waals surface area contributed by atoms with Crippen LogP contribution in [0, 0.1) is 11.8 Å². The molecule has 0 bridgehead atoms. The number of ether oxygens (including phenoxy) is 2. The van der Waals surface area contributed by atoms with E-state index in [0.29, 0.717) is 6.54 Å². The van der Waals surface area contributed by atoms with Gasteiger partial charge in [0.15, 0.2) is 0 Å². The highest BCUT2D eigenvalue weighted by Gasteiger charge is 2.61. The molecule has 0 unspecified atom stereocenters. The van der Waals surface area contributed by atoms with Gasteiger partial charge in [-0.05, 0) is 24.3 Å². The van der Waals surface area contributed by atoms with Gasteiger partial charge in [-0.25, -0.2) is 4.79 Å². The molecule has 6 nitrogen and oxygen atoms in total. The Kier molecular flexibility index (Phi) is 5.61. The fourth-order valence-corrected chi connectivity index (χ4v) is 4.20. The van der Waals surface area contributed by atoms with Gasteiger partial charge in [-0.2, -0.15) is 0 Å². The van der Waals surface area contributed by atoms with E-state index in [2.05, 4.69) is 0 Å². The van der Waals surface area contributed by atoms with Gasteiger partial charge in [0.1, 0.15) is 11.6 Å². The van der Waals surface area contributed by atoms with E-state index >= 15 is 0 Å². The lowest BCUT2D eigenvalue weighted by Gasteiger charge is -2.49. The summed E-state index contributed by atoms with van der Waals surface area (Å²) in [6.07, 6.45) is 1.97. The number of hydrogen-bond acceptors (Lipinski definition) is 5. The van der Waals surface area contributed by atoms with Gasteiger partial charge in [-0.3, -0.25) is 4.90 Å². The number of carbonyl (C=O) groups is 1. The van der Waals surface area contributed by atoms with Crippen LogP contribution < -0.4 is 0 Å². The Bertz CT molecular complexity index is 576. The summed E-state index contributed by atoms with van der Waals surface area (Å²) < 4.78 is 10.9. The molecule has 6 heteroatoms. The lowest BCUT2D eigenvalue weighted by Crippen LogP contribution is -2.63. The highest BCUT2D eigenvalue weighted by Crippen LogP contribution is 2.48. The smallest absolute Gasteiger partial charge is 0.411 e. The highest BCUT2D eigenvalue weighted by atomic mass is 16.6. The molecule has 1 saturated heterocycles. The molecule has 1 aliphatic carbocycles. The predicted octanol–water partition coefficient (Wildman–Crippen LogP) is 1.79. The number of aliphatic hydroxyl groups excluding tert-OH is 2. The molecule has 0 spiro atoms. The van der Waals surface area contributed by atoms with E-state index in [0.717, 1.165) is 24.8 Å². The van der Waals surface area contributed by atoms with Crippen molar-refractivity contribution >= 4 is 6.09 Å². The van der Waals surface area contributed by atoms with Crippen LogP contribution in [0.3, 0.4) is 0 Å². The van der Waals surface area contributed by atoms with Gasteiger partial charge in [-0.1, -0.05) is 36.8 Å². The molecule has 3 atom stereocenters. The fourth-order valence-electron chi connectivity index (χ4n) is 4.20. The standard InChI is InChI=1S/C19H27NO5/c1-24-12-15(11-21)17-19(13-22,16-8-5-9-16)20(18(23)25-17)10-14-6-3-2-4-7-14/h2-4,6-7,15-17,21-22H,5,8-13H2,1H3/t15-,17-,19-/m1/s1. The van der Waals surface area contributed by atoms with Crippen molar-refractivity contribution in [2.24, 2.45) is 11.8 Å². The topological polar surface area (TPSA) is 79.2 Å². The molecular weight excluding hydrogens is 322 g/mol. The third-order valence-corrected chi connectivity index (χ3v) is 5.74. The molecule has 25 heavy (non-hydrogen) atoms. The van der Waals surface area contributed by atoms with Crippen LogP contribution in [0.15, 0.2) is 30.3 Å². The monoisotopic (exact) mass is 349 g/mol. The molecule has 1 heterocycles. The van der Waals surface area contributed by atoms with E-state index in [9.17, 15) is 15.0 Å². The molecule has 1 saturated carbocycles. The van der Waals surface area contributed by atoms with Crippen LogP contribution in [0.4, 0.5) is 4.79 Å². The maximum atomic E-state index is 12.7. The van der Waals surface area contributed by atoms with Gasteiger partial charge < -0.3 is 19.7 Å². The van der Waals surface area contributed by atoms with E-state index in [1.165, 1.54) is 0 Å². The fraction of sp³-hybridized carbons (Fsp3) is 0.632. The molecule has 0 radical (unpaired) electrons. The normalized spacial score (nSPS) is 27.9. The summed E-state index contributed by atoms with van der Waals surface area (Å²) in [5.74, 6) is -0.189. The summed E-state index contributed by atoms with van der Waals surface area (Å²) in [4.78, 5) is 14.4. The van der Waals surface area contributed by atoms with Crippen molar-refractivity contribution in [3.63, 3.8) is 0 Å². The Hall–Kier alpha value is -1.63. The van der Waals surface area contributed by atoms with Crippen LogP contribution >= 0.6 is 0 Å². The molecule has 1 amide bonds. The van der Waals surface area contributed by atoms with Crippen molar-refractivity contribution in [1.29, 1.82) is 0 Å². The first-order valence-electron chi connectivity index (χ1n) is 8.90. The van der Waals surface area contributed by atoms with Crippen LogP contribution in [0.1, 0.15) is 24.8 Å². The molecule has 1 aromatic rings. The van der Waals surface area contributed by atoms with Crippen LogP contribution in [-0.2, 0) is 16.0 Å². The quantitative estimate of drug-likeness (QED) is 0.748. The molecule has 138 valence electrons. The van der Waals surface area contributed by atoms with E-state index in [4.69, 9.17) is 9.47 Å². The highest BCUT2D eigenvalue weighted by molar-refractivity contribution is 5.72. The first-order chi connectivity index (χ1) is 12.2. The Labute approximate surface area is 148 Å². The van der Waals surface area contributed by atoms with E-state index in [-0.39, 0.29) is 31.7 Å². The Balaban J connectivity index is 1.95. The number of methoxy groups -OCH3 is 1. The number of benzene rings is 1. The van der Waals surface area contributed by atoms with Crippen molar-refractivity contribution in [1.82, 2.24) is 4.90 Å². The summed E-state index contributed by atoms with van der Waals surface area (Å²) in [7, 11) is 1.56. The number of aliphatic hydroxyl groups is 2. The Morgan fingerprint density at radius 1 is 1.32 bits per heavy atom. The van der Waals surface area contributed by atoms with Crippen molar-refractivity contribution in [3.05, 3.63) is 35.9 Å². The zero-order valence-electron chi connectivity index (χ0n) is 14.6. The van der Waals surface area contributed by atoms with Crippen LogP contribution in [0.25, 0.3) is 0 Å². The number of carbonyl (C=O) groups excluding carboxylic acids is 1. The molecule has 2 N–H and O–H groups in total. The third-order valence-electron chi connectivity index (χ3n) is 5.74. The van der Waals surface area contributed by atoms with E-state index in [1.807, 2.05) is 30.3 Å². The van der Waals surface area contributed by atoms with Gasteiger partial charge in [0, 0.05) is 19.6 Å². The number of cyclic esters (lactones) is 1. The Morgan fingerprint density at radius 3 is 2.56 bits per heavy atom. The maximum absolute atomic E-state index is 12.7. The Morgan fingerprint density at radius 2 is 2.04 bits per heavy atom. The van der Waals surface area contributed by atoms with Gasteiger partial charge in [0.25, 0.3) is 0 Å². The first-order valence-corrected chi connectivity index (χ1v) is 8.90. The van der Waals surface area contributed by atoms with Crippen molar-refractivity contribution in [2.75, 3.05) is 26.9 Å². The summed E-state index contributed by atoms with van der Waals surface area (Å²) in [5, 5.41) is 20.2. The molecule has 2 fully saturated rings. The minimum Gasteiger partial charge on any atom is -0.443 e. The molecule has 0 aromatic heterocycles. The van der Waals surface area contributed by atoms with Gasteiger partial charge in [0.05, 0.1) is 19.8 Å². The van der Waals surface area contributed by atoms with Crippen LogP contribution in [0.2, 0.25) is 0 Å². The third kappa shape index (κ3) is 3.14. The number of nitrogens with zero attached hydrogens (tertiary/aromatic N) is 1. The second-order valence-electron chi connectivity index (χ2n) is 7.05. The molecular formula is C19H27NO5. The average Bonchev–Trinajstić information content (AvgIpc) is 2.85. The summed E-state index contributed by atoms with van der Waals surface area (Å²) in [5.41, 5.74) is 0.182. The van der Waals surface area contributed by atoms with Gasteiger partial charge in [0.2, 0.25) is 0 Å². The molecule has 1 aromatic carbocycles. The summed E-state index contributed by atoms with van der Waals surface area (Å²) in [6, 6.07) is 9.71. The van der Waals surface area contributed by atoms with E-state index < -0.39 is 17.7 Å². The SMILES string of the molecule is COC[C@@H](CO)[C@H]1OC(=O)N(Cc2ccccc2)[C@]1(CO)C1CCC1. The second-order valence-corrected chi connectivity index (χ2v) is 7.05. The maximum Gasteiger partial charge on any atom is 0.411 e. The van der Waals surface area contributed by atoms with Gasteiger partial charge >= 0.3 is 6.09 Å². The molecule has 3 rings (SSSR count). The van der Waals surface area contributed by atoms with Crippen molar-refractivity contribution in [3.8, 4) is 0 Å². The minimum absolute atomic E-state index is 0.153. The second kappa shape index (κ2) is 7.72. The lowest BCUT2D eigenvalue weighted by molar-refractivity contribution is -0.0784.